The van der Waals surface area contributed by atoms with Crippen molar-refractivity contribution in [1.82, 2.24) is 10.2 Å². The molecule has 2 amide bonds. The molecular formula is C19H31N3O3S. The molecule has 2 N–H and O–H groups in total. The molecule has 1 saturated heterocycles. The van der Waals surface area contributed by atoms with Crippen LogP contribution in [0.1, 0.15) is 49.4 Å². The summed E-state index contributed by atoms with van der Waals surface area (Å²) >= 11 is 1.44. The average Bonchev–Trinajstić information content (AvgIpc) is 2.96. The Bertz CT molecular complexity index is 630. The number of anilines is 1. The third kappa shape index (κ3) is 5.53. The lowest BCUT2D eigenvalue weighted by molar-refractivity contribution is -0.123. The van der Waals surface area contributed by atoms with E-state index in [0.717, 1.165) is 37.6 Å². The number of carbonyl (C=O) groups excluding carboxylic acids is 2. The molecule has 1 fully saturated rings. The summed E-state index contributed by atoms with van der Waals surface area (Å²) in [5, 5.41) is 6.58. The molecule has 0 radical (unpaired) electrons. The highest BCUT2D eigenvalue weighted by Gasteiger charge is 2.25. The first kappa shape index (κ1) is 20.9. The van der Waals surface area contributed by atoms with Gasteiger partial charge >= 0.3 is 0 Å². The second kappa shape index (κ2) is 8.97. The fraction of sp³-hybridized carbons (Fsp3) is 0.684. The lowest BCUT2D eigenvalue weighted by Gasteiger charge is -2.34. The van der Waals surface area contributed by atoms with Crippen molar-refractivity contribution >= 4 is 28.2 Å². The number of aryl methyl sites for hydroxylation is 1. The number of carbonyl (C=O) groups is 2. The van der Waals surface area contributed by atoms with E-state index in [2.05, 4.69) is 22.5 Å². The van der Waals surface area contributed by atoms with Crippen LogP contribution < -0.4 is 10.6 Å². The summed E-state index contributed by atoms with van der Waals surface area (Å²) in [6.45, 7) is 13.5. The van der Waals surface area contributed by atoms with Gasteiger partial charge in [-0.15, -0.1) is 11.3 Å². The summed E-state index contributed by atoms with van der Waals surface area (Å²) in [7, 11) is 0. The molecule has 7 heteroatoms. The summed E-state index contributed by atoms with van der Waals surface area (Å²) < 4.78 is 5.40. The monoisotopic (exact) mass is 381 g/mol. The summed E-state index contributed by atoms with van der Waals surface area (Å²) in [5.41, 5.74) is 0.0388. The quantitative estimate of drug-likeness (QED) is 0.795. The van der Waals surface area contributed by atoms with Crippen LogP contribution in [0.5, 0.6) is 0 Å². The zero-order valence-electron chi connectivity index (χ0n) is 16.5. The molecule has 6 nitrogen and oxygen atoms in total. The Morgan fingerprint density at radius 3 is 2.54 bits per heavy atom. The van der Waals surface area contributed by atoms with E-state index in [9.17, 15) is 9.59 Å². The van der Waals surface area contributed by atoms with Gasteiger partial charge in [0.1, 0.15) is 5.00 Å². The molecule has 0 aliphatic carbocycles. The van der Waals surface area contributed by atoms with Crippen molar-refractivity contribution in [2.75, 3.05) is 38.2 Å². The highest BCUT2D eigenvalue weighted by molar-refractivity contribution is 7.16. The van der Waals surface area contributed by atoms with Crippen molar-refractivity contribution in [3.05, 3.63) is 16.5 Å². The number of nitrogens with zero attached hydrogens (tertiary/aromatic N) is 1. The van der Waals surface area contributed by atoms with Gasteiger partial charge in [0.15, 0.2) is 0 Å². The van der Waals surface area contributed by atoms with E-state index in [1.807, 2.05) is 33.8 Å². The lowest BCUT2D eigenvalue weighted by atomic mass is 9.96. The Labute approximate surface area is 160 Å². The van der Waals surface area contributed by atoms with Crippen molar-refractivity contribution in [3.8, 4) is 0 Å². The number of thiophene rings is 1. The molecule has 2 heterocycles. The molecule has 2 rings (SSSR count). The van der Waals surface area contributed by atoms with Crippen LogP contribution in [0, 0.1) is 12.3 Å². The number of hydrogen-bond acceptors (Lipinski definition) is 5. The largest absolute Gasteiger partial charge is 0.379 e. The molecule has 26 heavy (non-hydrogen) atoms. The van der Waals surface area contributed by atoms with Gasteiger partial charge in [-0.25, -0.2) is 0 Å². The fourth-order valence-corrected chi connectivity index (χ4v) is 3.75. The number of ether oxygens (including phenoxy) is 1. The third-order valence-electron chi connectivity index (χ3n) is 4.54. The summed E-state index contributed by atoms with van der Waals surface area (Å²) in [5.74, 6) is -0.224. The highest BCUT2D eigenvalue weighted by atomic mass is 32.1. The van der Waals surface area contributed by atoms with Crippen LogP contribution in [-0.4, -0.2) is 55.6 Å². The molecule has 0 aromatic carbocycles. The topological polar surface area (TPSA) is 70.7 Å². The Hall–Kier alpha value is -1.44. The van der Waals surface area contributed by atoms with E-state index in [1.165, 1.54) is 11.3 Å². The zero-order valence-corrected chi connectivity index (χ0v) is 17.3. The molecular weight excluding hydrogens is 350 g/mol. The van der Waals surface area contributed by atoms with Gasteiger partial charge in [0.2, 0.25) is 5.91 Å². The van der Waals surface area contributed by atoms with Gasteiger partial charge in [0.25, 0.3) is 5.91 Å². The van der Waals surface area contributed by atoms with E-state index in [-0.39, 0.29) is 11.8 Å². The molecule has 0 spiro atoms. The van der Waals surface area contributed by atoms with Gasteiger partial charge < -0.3 is 15.4 Å². The molecule has 1 aromatic rings. The molecule has 0 unspecified atom stereocenters. The van der Waals surface area contributed by atoms with E-state index < -0.39 is 5.41 Å². The number of morpholine rings is 1. The molecule has 1 aliphatic rings. The lowest BCUT2D eigenvalue weighted by Crippen LogP contribution is -2.48. The van der Waals surface area contributed by atoms with Crippen LogP contribution in [0.15, 0.2) is 6.07 Å². The van der Waals surface area contributed by atoms with E-state index in [4.69, 9.17) is 4.74 Å². The van der Waals surface area contributed by atoms with Gasteiger partial charge in [-0.2, -0.15) is 0 Å². The summed E-state index contributed by atoms with van der Waals surface area (Å²) in [4.78, 5) is 28.4. The maximum atomic E-state index is 12.7. The molecule has 1 aromatic heterocycles. The van der Waals surface area contributed by atoms with Crippen LogP contribution in [0.2, 0.25) is 0 Å². The zero-order chi connectivity index (χ0) is 19.3. The van der Waals surface area contributed by atoms with Crippen LogP contribution in [0.3, 0.4) is 0 Å². The molecule has 0 saturated carbocycles. The van der Waals surface area contributed by atoms with E-state index in [0.29, 0.717) is 23.2 Å². The number of hydrogen-bond donors (Lipinski definition) is 2. The van der Waals surface area contributed by atoms with Crippen LogP contribution in [0.4, 0.5) is 5.00 Å². The van der Waals surface area contributed by atoms with Gasteiger partial charge in [-0.1, -0.05) is 27.7 Å². The number of amides is 2. The summed E-state index contributed by atoms with van der Waals surface area (Å²) in [6.07, 6.45) is 0.969. The standard InChI is InChI=1S/C19H31N3O3S/c1-6-14(22-7-9-25-10-8-22)12-20-16(23)15-11-13(2)26-17(15)21-18(24)19(3,4)5/h11,14H,6-10,12H2,1-5H3,(H,20,23)(H,21,24)/t14-/m0/s1. The first-order chi connectivity index (χ1) is 12.2. The fourth-order valence-electron chi connectivity index (χ4n) is 2.85. The second-order valence-corrected chi connectivity index (χ2v) is 8.98. The molecule has 1 aliphatic heterocycles. The maximum Gasteiger partial charge on any atom is 0.254 e. The predicted octanol–water partition coefficient (Wildman–Crippen LogP) is 2.88. The normalized spacial score (nSPS) is 17.0. The molecule has 146 valence electrons. The van der Waals surface area contributed by atoms with Crippen LogP contribution >= 0.6 is 11.3 Å². The highest BCUT2D eigenvalue weighted by Crippen LogP contribution is 2.29. The van der Waals surface area contributed by atoms with Crippen molar-refractivity contribution in [1.29, 1.82) is 0 Å². The maximum absolute atomic E-state index is 12.7. The Morgan fingerprint density at radius 2 is 1.96 bits per heavy atom. The second-order valence-electron chi connectivity index (χ2n) is 7.72. The van der Waals surface area contributed by atoms with E-state index >= 15 is 0 Å². The third-order valence-corrected chi connectivity index (χ3v) is 5.51. The minimum absolute atomic E-state index is 0.0897. The van der Waals surface area contributed by atoms with Crippen molar-refractivity contribution in [3.63, 3.8) is 0 Å². The Morgan fingerprint density at radius 1 is 1.31 bits per heavy atom. The minimum atomic E-state index is -0.505. The van der Waals surface area contributed by atoms with Gasteiger partial charge in [-0.05, 0) is 19.4 Å². The minimum Gasteiger partial charge on any atom is -0.379 e. The van der Waals surface area contributed by atoms with Crippen LogP contribution in [-0.2, 0) is 9.53 Å². The van der Waals surface area contributed by atoms with E-state index in [1.54, 1.807) is 0 Å². The predicted molar refractivity (Wildman–Crippen MR) is 106 cm³/mol. The molecule has 1 atom stereocenters. The number of nitrogens with one attached hydrogen (secondary N) is 2. The number of rotatable bonds is 6. The van der Waals surface area contributed by atoms with Gasteiger partial charge in [0, 0.05) is 36.0 Å². The van der Waals surface area contributed by atoms with Crippen molar-refractivity contribution in [2.24, 2.45) is 5.41 Å². The SMILES string of the molecule is CC[C@@H](CNC(=O)c1cc(C)sc1NC(=O)C(C)(C)C)N1CCOCC1. The smallest absolute Gasteiger partial charge is 0.254 e. The van der Waals surface area contributed by atoms with Crippen molar-refractivity contribution in [2.45, 2.75) is 47.1 Å². The van der Waals surface area contributed by atoms with Crippen LogP contribution in [0.25, 0.3) is 0 Å². The first-order valence-electron chi connectivity index (χ1n) is 9.24. The average molecular weight is 382 g/mol. The Kier molecular flexibility index (Phi) is 7.20. The van der Waals surface area contributed by atoms with Gasteiger partial charge in [-0.3, -0.25) is 14.5 Å². The molecule has 0 bridgehead atoms. The van der Waals surface area contributed by atoms with Crippen molar-refractivity contribution < 1.29 is 14.3 Å². The Balaban J connectivity index is 2.01. The summed E-state index contributed by atoms with van der Waals surface area (Å²) in [6, 6.07) is 2.14. The first-order valence-corrected chi connectivity index (χ1v) is 10.1. The van der Waals surface area contributed by atoms with Gasteiger partial charge in [0.05, 0.1) is 18.8 Å².